The molecule has 3 N–H and O–H groups in total. The van der Waals surface area contributed by atoms with Gasteiger partial charge in [-0.05, 0) is 39.5 Å². The Morgan fingerprint density at radius 1 is 1.35 bits per heavy atom. The van der Waals surface area contributed by atoms with E-state index in [4.69, 9.17) is 5.73 Å². The van der Waals surface area contributed by atoms with Gasteiger partial charge in [-0.2, -0.15) is 0 Å². The molecule has 1 heterocycles. The number of amides is 1. The summed E-state index contributed by atoms with van der Waals surface area (Å²) in [5.74, 6) is 0.0653. The third kappa shape index (κ3) is 3.57. The van der Waals surface area contributed by atoms with E-state index in [1.54, 1.807) is 0 Å². The highest BCUT2D eigenvalue weighted by molar-refractivity contribution is 5.89. The molecule has 1 aliphatic heterocycles. The summed E-state index contributed by atoms with van der Waals surface area (Å²) >= 11 is 0. The molecule has 4 nitrogen and oxygen atoms in total. The normalized spacial score (nSPS) is 24.2. The molecule has 1 amide bonds. The number of halogens is 1. The lowest BCUT2D eigenvalue weighted by Gasteiger charge is -2.35. The number of nitrogens with two attached hydrogens (primary N) is 1. The Morgan fingerprint density at radius 3 is 2.29 bits per heavy atom. The summed E-state index contributed by atoms with van der Waals surface area (Å²) in [6, 6.07) is 0.949. The lowest BCUT2D eigenvalue weighted by Crippen LogP contribution is -2.51. The molecule has 0 unspecified atom stereocenters. The molecule has 0 aromatic rings. The van der Waals surface area contributed by atoms with Crippen molar-refractivity contribution in [3.8, 4) is 0 Å². The maximum absolute atomic E-state index is 11.8. The molecule has 0 aromatic carbocycles. The number of carbonyl (C=O) groups is 1. The minimum Gasteiger partial charge on any atom is -0.352 e. The van der Waals surface area contributed by atoms with Crippen LogP contribution in [0.3, 0.4) is 0 Å². The Hall–Kier alpha value is -0.320. The van der Waals surface area contributed by atoms with E-state index in [1.807, 2.05) is 0 Å². The Morgan fingerprint density at radius 2 is 1.88 bits per heavy atom. The molecule has 2 aliphatic rings. The van der Waals surface area contributed by atoms with E-state index >= 15 is 0 Å². The molecule has 0 spiro atoms. The van der Waals surface area contributed by atoms with Gasteiger partial charge < -0.3 is 16.0 Å². The van der Waals surface area contributed by atoms with Gasteiger partial charge in [0.15, 0.2) is 0 Å². The van der Waals surface area contributed by atoms with Crippen LogP contribution >= 0.6 is 12.4 Å². The Bertz CT molecular complexity index is 271. The Balaban J connectivity index is 0.00000144. The monoisotopic (exact) mass is 261 g/mol. The van der Waals surface area contributed by atoms with Gasteiger partial charge >= 0.3 is 0 Å². The number of piperidine rings is 1. The number of carbonyl (C=O) groups excluding carboxylic acids is 1. The van der Waals surface area contributed by atoms with Crippen molar-refractivity contribution in [3.63, 3.8) is 0 Å². The van der Waals surface area contributed by atoms with Crippen molar-refractivity contribution in [3.05, 3.63) is 0 Å². The first-order valence-corrected chi connectivity index (χ1v) is 6.35. The zero-order valence-corrected chi connectivity index (χ0v) is 11.6. The number of likely N-dealkylation sites (tertiary alicyclic amines) is 1. The molecule has 0 atom stereocenters. The molecule has 0 aromatic heterocycles. The highest BCUT2D eigenvalue weighted by Gasteiger charge is 2.46. The van der Waals surface area contributed by atoms with Crippen LogP contribution < -0.4 is 11.1 Å². The van der Waals surface area contributed by atoms with Crippen molar-refractivity contribution in [1.82, 2.24) is 10.2 Å². The first-order chi connectivity index (χ1) is 7.51. The van der Waals surface area contributed by atoms with Crippen LogP contribution in [0.4, 0.5) is 0 Å². The minimum absolute atomic E-state index is 0. The standard InChI is InChI=1S/C12H23N3O.ClH/c1-9(2)15-7-3-10(4-8-15)14-11(16)12(13)5-6-12;/h9-10H,3-8,13H2,1-2H3,(H,14,16);1H. The van der Waals surface area contributed by atoms with Crippen LogP contribution in [0.1, 0.15) is 39.5 Å². The zero-order chi connectivity index (χ0) is 11.8. The summed E-state index contributed by atoms with van der Waals surface area (Å²) in [6.07, 6.45) is 3.81. The lowest BCUT2D eigenvalue weighted by molar-refractivity contribution is -0.124. The van der Waals surface area contributed by atoms with Gasteiger partial charge in [0, 0.05) is 25.2 Å². The van der Waals surface area contributed by atoms with Gasteiger partial charge in [0.2, 0.25) is 5.91 Å². The quantitative estimate of drug-likeness (QED) is 0.793. The second-order valence-corrected chi connectivity index (χ2v) is 5.53. The fourth-order valence-corrected chi connectivity index (χ4v) is 2.25. The molecular weight excluding hydrogens is 238 g/mol. The number of nitrogens with zero attached hydrogens (tertiary/aromatic N) is 1. The first kappa shape index (κ1) is 14.7. The van der Waals surface area contributed by atoms with E-state index in [-0.39, 0.29) is 18.3 Å². The summed E-state index contributed by atoms with van der Waals surface area (Å²) in [7, 11) is 0. The van der Waals surface area contributed by atoms with Gasteiger partial charge in [0.25, 0.3) is 0 Å². The summed E-state index contributed by atoms with van der Waals surface area (Å²) in [4.78, 5) is 14.2. The van der Waals surface area contributed by atoms with E-state index in [9.17, 15) is 4.79 Å². The van der Waals surface area contributed by atoms with Gasteiger partial charge in [0.05, 0.1) is 5.54 Å². The second kappa shape index (κ2) is 5.55. The minimum atomic E-state index is -0.519. The maximum Gasteiger partial charge on any atom is 0.240 e. The SMILES string of the molecule is CC(C)N1CCC(NC(=O)C2(N)CC2)CC1.Cl. The van der Waals surface area contributed by atoms with Crippen molar-refractivity contribution in [2.45, 2.75) is 57.2 Å². The molecule has 2 rings (SSSR count). The highest BCUT2D eigenvalue weighted by Crippen LogP contribution is 2.32. The Kier molecular flexibility index (Phi) is 4.81. The van der Waals surface area contributed by atoms with E-state index in [2.05, 4.69) is 24.1 Å². The van der Waals surface area contributed by atoms with Crippen LogP contribution in [-0.2, 0) is 4.79 Å². The summed E-state index contributed by atoms with van der Waals surface area (Å²) in [5, 5.41) is 3.09. The summed E-state index contributed by atoms with van der Waals surface area (Å²) in [5.41, 5.74) is 5.34. The third-order valence-electron chi connectivity index (χ3n) is 3.84. The maximum atomic E-state index is 11.8. The Labute approximate surface area is 110 Å². The number of rotatable bonds is 3. The van der Waals surface area contributed by atoms with Crippen LogP contribution in [0.5, 0.6) is 0 Å². The molecule has 5 heteroatoms. The van der Waals surface area contributed by atoms with E-state index < -0.39 is 5.54 Å². The van der Waals surface area contributed by atoms with Crippen LogP contribution in [0.25, 0.3) is 0 Å². The van der Waals surface area contributed by atoms with Crippen molar-refractivity contribution in [2.75, 3.05) is 13.1 Å². The summed E-state index contributed by atoms with van der Waals surface area (Å²) in [6.45, 7) is 6.61. The van der Waals surface area contributed by atoms with Crippen LogP contribution in [0.2, 0.25) is 0 Å². The molecule has 100 valence electrons. The predicted octanol–water partition coefficient (Wildman–Crippen LogP) is 0.888. The average Bonchev–Trinajstić information content (AvgIpc) is 2.99. The predicted molar refractivity (Wildman–Crippen MR) is 71.3 cm³/mol. The first-order valence-electron chi connectivity index (χ1n) is 6.35. The van der Waals surface area contributed by atoms with E-state index in [0.717, 1.165) is 38.8 Å². The van der Waals surface area contributed by atoms with Crippen molar-refractivity contribution in [1.29, 1.82) is 0 Å². The van der Waals surface area contributed by atoms with Gasteiger partial charge in [-0.1, -0.05) is 0 Å². The fourth-order valence-electron chi connectivity index (χ4n) is 2.25. The molecule has 0 radical (unpaired) electrons. The average molecular weight is 262 g/mol. The second-order valence-electron chi connectivity index (χ2n) is 5.53. The summed E-state index contributed by atoms with van der Waals surface area (Å²) < 4.78 is 0. The van der Waals surface area contributed by atoms with Crippen molar-refractivity contribution < 1.29 is 4.79 Å². The molecule has 0 bridgehead atoms. The fraction of sp³-hybridized carbons (Fsp3) is 0.917. The van der Waals surface area contributed by atoms with Crippen molar-refractivity contribution in [2.24, 2.45) is 5.73 Å². The zero-order valence-electron chi connectivity index (χ0n) is 10.7. The van der Waals surface area contributed by atoms with Crippen molar-refractivity contribution >= 4 is 18.3 Å². The third-order valence-corrected chi connectivity index (χ3v) is 3.84. The topological polar surface area (TPSA) is 58.4 Å². The molecule has 17 heavy (non-hydrogen) atoms. The number of nitrogens with one attached hydrogen (secondary N) is 1. The molecular formula is C12H24ClN3O. The van der Waals surface area contributed by atoms with Gasteiger partial charge in [-0.25, -0.2) is 0 Å². The number of hydrogen-bond acceptors (Lipinski definition) is 3. The smallest absolute Gasteiger partial charge is 0.240 e. The highest BCUT2D eigenvalue weighted by atomic mass is 35.5. The lowest BCUT2D eigenvalue weighted by atomic mass is 10.0. The largest absolute Gasteiger partial charge is 0.352 e. The van der Waals surface area contributed by atoms with E-state index in [0.29, 0.717) is 12.1 Å². The molecule has 2 fully saturated rings. The molecule has 1 saturated heterocycles. The molecule has 1 saturated carbocycles. The number of hydrogen-bond donors (Lipinski definition) is 2. The van der Waals surface area contributed by atoms with Crippen LogP contribution in [0.15, 0.2) is 0 Å². The molecule has 1 aliphatic carbocycles. The van der Waals surface area contributed by atoms with Crippen LogP contribution in [-0.4, -0.2) is 41.5 Å². The van der Waals surface area contributed by atoms with Gasteiger partial charge in [-0.15, -0.1) is 12.4 Å². The van der Waals surface area contributed by atoms with Gasteiger partial charge in [0.1, 0.15) is 0 Å². The van der Waals surface area contributed by atoms with E-state index in [1.165, 1.54) is 0 Å². The van der Waals surface area contributed by atoms with Crippen LogP contribution in [0, 0.1) is 0 Å². The van der Waals surface area contributed by atoms with Gasteiger partial charge in [-0.3, -0.25) is 4.79 Å².